The second-order valence-corrected chi connectivity index (χ2v) is 2.23. The second kappa shape index (κ2) is 3.37. The van der Waals surface area contributed by atoms with Crippen LogP contribution in [0.5, 0.6) is 0 Å². The molecule has 56 valence electrons. The number of rotatable bonds is 3. The predicted molar refractivity (Wildman–Crippen MR) is 40.7 cm³/mol. The van der Waals surface area contributed by atoms with E-state index in [-0.39, 0.29) is 0 Å². The van der Waals surface area contributed by atoms with Gasteiger partial charge in [-0.3, -0.25) is 4.68 Å². The fraction of sp³-hybridized carbons (Fsp3) is 0.571. The van der Waals surface area contributed by atoms with Gasteiger partial charge in [0.05, 0.1) is 6.20 Å². The minimum atomic E-state index is 0.903. The van der Waals surface area contributed by atoms with Gasteiger partial charge in [-0.25, -0.2) is 0 Å². The molecular weight excluding hydrogens is 126 g/mol. The molecule has 0 bridgehead atoms. The van der Waals surface area contributed by atoms with Gasteiger partial charge in [-0.1, -0.05) is 0 Å². The van der Waals surface area contributed by atoms with Crippen LogP contribution in [-0.4, -0.2) is 16.8 Å². The van der Waals surface area contributed by atoms with Crippen LogP contribution in [0.15, 0.2) is 12.4 Å². The summed E-state index contributed by atoms with van der Waals surface area (Å²) in [6.45, 7) is 3.93. The Labute approximate surface area is 61.0 Å². The number of hydrogen-bond acceptors (Lipinski definition) is 2. The number of hydrogen-bond donors (Lipinski definition) is 1. The lowest BCUT2D eigenvalue weighted by Gasteiger charge is -1.92. The van der Waals surface area contributed by atoms with Gasteiger partial charge in [-0.2, -0.15) is 5.10 Å². The van der Waals surface area contributed by atoms with Crippen LogP contribution in [0.3, 0.4) is 0 Å². The Morgan fingerprint density at radius 2 is 2.50 bits per heavy atom. The molecule has 0 fully saturated rings. The molecule has 0 aromatic carbocycles. The van der Waals surface area contributed by atoms with Gasteiger partial charge in [0.15, 0.2) is 0 Å². The molecule has 1 heterocycles. The summed E-state index contributed by atoms with van der Waals surface area (Å²) < 4.78 is 1.92. The van der Waals surface area contributed by atoms with Gasteiger partial charge in [0.1, 0.15) is 0 Å². The van der Waals surface area contributed by atoms with Gasteiger partial charge in [0.25, 0.3) is 0 Å². The normalized spacial score (nSPS) is 10.2. The fourth-order valence-corrected chi connectivity index (χ4v) is 0.875. The van der Waals surface area contributed by atoms with Crippen molar-refractivity contribution in [2.24, 2.45) is 0 Å². The molecule has 3 heteroatoms. The molecule has 3 nitrogen and oxygen atoms in total. The van der Waals surface area contributed by atoms with E-state index in [2.05, 4.69) is 23.5 Å². The molecule has 0 aliphatic heterocycles. The SMILES string of the molecule is CCn1cc(CNC)cn1. The number of aryl methyl sites for hydroxylation is 1. The highest BCUT2D eigenvalue weighted by Crippen LogP contribution is 1.95. The summed E-state index contributed by atoms with van der Waals surface area (Å²) in [4.78, 5) is 0. The standard InChI is InChI=1S/C7H13N3/c1-3-10-6-7(4-8-2)5-9-10/h5-6,8H,3-4H2,1-2H3. The average Bonchev–Trinajstić information content (AvgIpc) is 2.37. The quantitative estimate of drug-likeness (QED) is 0.665. The average molecular weight is 139 g/mol. The molecule has 1 N–H and O–H groups in total. The fourth-order valence-electron chi connectivity index (χ4n) is 0.875. The Kier molecular flexibility index (Phi) is 2.45. The molecular formula is C7H13N3. The first kappa shape index (κ1) is 7.28. The van der Waals surface area contributed by atoms with Crippen molar-refractivity contribution in [2.75, 3.05) is 7.05 Å². The van der Waals surface area contributed by atoms with Crippen LogP contribution in [-0.2, 0) is 13.1 Å². The molecule has 10 heavy (non-hydrogen) atoms. The zero-order valence-electron chi connectivity index (χ0n) is 6.46. The molecule has 1 aromatic heterocycles. The zero-order chi connectivity index (χ0) is 7.40. The highest BCUT2D eigenvalue weighted by atomic mass is 15.3. The predicted octanol–water partition coefficient (Wildman–Crippen LogP) is 0.622. The van der Waals surface area contributed by atoms with E-state index >= 15 is 0 Å². The molecule has 0 spiro atoms. The van der Waals surface area contributed by atoms with Crippen LogP contribution in [0.2, 0.25) is 0 Å². The Morgan fingerprint density at radius 1 is 1.70 bits per heavy atom. The molecule has 0 atom stereocenters. The van der Waals surface area contributed by atoms with Crippen molar-refractivity contribution >= 4 is 0 Å². The lowest BCUT2D eigenvalue weighted by atomic mass is 10.4. The number of nitrogens with one attached hydrogen (secondary N) is 1. The highest BCUT2D eigenvalue weighted by Gasteiger charge is 1.92. The second-order valence-electron chi connectivity index (χ2n) is 2.23. The minimum Gasteiger partial charge on any atom is -0.316 e. The van der Waals surface area contributed by atoms with Crippen molar-refractivity contribution in [3.63, 3.8) is 0 Å². The lowest BCUT2D eigenvalue weighted by molar-refractivity contribution is 0.658. The van der Waals surface area contributed by atoms with Crippen molar-refractivity contribution < 1.29 is 0 Å². The molecule has 0 unspecified atom stereocenters. The van der Waals surface area contributed by atoms with E-state index in [1.165, 1.54) is 5.56 Å². The van der Waals surface area contributed by atoms with Crippen molar-refractivity contribution in [3.05, 3.63) is 18.0 Å². The van der Waals surface area contributed by atoms with E-state index in [1.54, 1.807) is 0 Å². The first-order valence-corrected chi connectivity index (χ1v) is 3.52. The molecule has 0 saturated heterocycles. The maximum Gasteiger partial charge on any atom is 0.0534 e. The molecule has 0 saturated carbocycles. The first-order valence-electron chi connectivity index (χ1n) is 3.52. The number of nitrogens with zero attached hydrogens (tertiary/aromatic N) is 2. The summed E-state index contributed by atoms with van der Waals surface area (Å²) in [6, 6.07) is 0. The van der Waals surface area contributed by atoms with E-state index in [4.69, 9.17) is 0 Å². The van der Waals surface area contributed by atoms with Crippen molar-refractivity contribution in [1.82, 2.24) is 15.1 Å². The summed E-state index contributed by atoms with van der Waals surface area (Å²) in [5.41, 5.74) is 1.24. The highest BCUT2D eigenvalue weighted by molar-refractivity contribution is 5.02. The van der Waals surface area contributed by atoms with Gasteiger partial charge >= 0.3 is 0 Å². The van der Waals surface area contributed by atoms with Crippen LogP contribution in [0.25, 0.3) is 0 Å². The van der Waals surface area contributed by atoms with Crippen LogP contribution in [0.4, 0.5) is 0 Å². The van der Waals surface area contributed by atoms with Gasteiger partial charge < -0.3 is 5.32 Å². The summed E-state index contributed by atoms with van der Waals surface area (Å²) in [6.07, 6.45) is 3.94. The van der Waals surface area contributed by atoms with Gasteiger partial charge in [-0.05, 0) is 14.0 Å². The van der Waals surface area contributed by atoms with Gasteiger partial charge in [0.2, 0.25) is 0 Å². The van der Waals surface area contributed by atoms with Gasteiger partial charge in [0, 0.05) is 24.8 Å². The largest absolute Gasteiger partial charge is 0.316 e. The third-order valence-electron chi connectivity index (χ3n) is 1.39. The van der Waals surface area contributed by atoms with E-state index in [9.17, 15) is 0 Å². The molecule has 1 rings (SSSR count). The summed E-state index contributed by atoms with van der Waals surface area (Å²) in [5.74, 6) is 0. The van der Waals surface area contributed by atoms with Crippen LogP contribution in [0, 0.1) is 0 Å². The van der Waals surface area contributed by atoms with Crippen molar-refractivity contribution in [3.8, 4) is 0 Å². The maximum absolute atomic E-state index is 4.13. The third kappa shape index (κ3) is 1.57. The smallest absolute Gasteiger partial charge is 0.0534 e. The minimum absolute atomic E-state index is 0.903. The van der Waals surface area contributed by atoms with Crippen LogP contribution >= 0.6 is 0 Å². The molecule has 0 radical (unpaired) electrons. The number of aromatic nitrogens is 2. The van der Waals surface area contributed by atoms with E-state index in [0.29, 0.717) is 0 Å². The Morgan fingerprint density at radius 3 is 3.00 bits per heavy atom. The molecule has 1 aromatic rings. The Hall–Kier alpha value is -0.830. The van der Waals surface area contributed by atoms with E-state index in [0.717, 1.165) is 13.1 Å². The lowest BCUT2D eigenvalue weighted by Crippen LogP contribution is -2.03. The summed E-state index contributed by atoms with van der Waals surface area (Å²) >= 11 is 0. The summed E-state index contributed by atoms with van der Waals surface area (Å²) in [5, 5.41) is 7.20. The van der Waals surface area contributed by atoms with E-state index in [1.807, 2.05) is 17.9 Å². The molecule has 0 aliphatic carbocycles. The maximum atomic E-state index is 4.13. The van der Waals surface area contributed by atoms with E-state index < -0.39 is 0 Å². The molecule has 0 aliphatic rings. The monoisotopic (exact) mass is 139 g/mol. The third-order valence-corrected chi connectivity index (χ3v) is 1.39. The van der Waals surface area contributed by atoms with Crippen LogP contribution in [0.1, 0.15) is 12.5 Å². The van der Waals surface area contributed by atoms with Gasteiger partial charge in [-0.15, -0.1) is 0 Å². The molecule has 0 amide bonds. The Bertz CT molecular complexity index is 192. The summed E-state index contributed by atoms with van der Waals surface area (Å²) in [7, 11) is 1.93. The van der Waals surface area contributed by atoms with Crippen molar-refractivity contribution in [2.45, 2.75) is 20.0 Å². The first-order chi connectivity index (χ1) is 4.86. The van der Waals surface area contributed by atoms with Crippen molar-refractivity contribution in [1.29, 1.82) is 0 Å². The zero-order valence-corrected chi connectivity index (χ0v) is 6.46. The Balaban J connectivity index is 2.59. The van der Waals surface area contributed by atoms with Crippen LogP contribution < -0.4 is 5.32 Å². The topological polar surface area (TPSA) is 29.9 Å².